The summed E-state index contributed by atoms with van der Waals surface area (Å²) in [5, 5.41) is -0.0574. The minimum atomic E-state index is -0.0574. The van der Waals surface area contributed by atoms with Crippen LogP contribution < -0.4 is 14.2 Å². The zero-order valence-electron chi connectivity index (χ0n) is 14.2. The molecule has 25 heavy (non-hydrogen) atoms. The number of carbonyl (C=O) groups excluding carboxylic acids is 2. The van der Waals surface area contributed by atoms with Gasteiger partial charge in [0.15, 0.2) is 22.4 Å². The first kappa shape index (κ1) is 19.2. The first-order valence-corrected chi connectivity index (χ1v) is 9.25. The molecule has 0 fully saturated rings. The first-order valence-electron chi connectivity index (χ1n) is 7.45. The van der Waals surface area contributed by atoms with E-state index in [1.807, 2.05) is 30.3 Å². The van der Waals surface area contributed by atoms with Crippen molar-refractivity contribution in [3.05, 3.63) is 48.0 Å². The van der Waals surface area contributed by atoms with E-state index in [1.54, 1.807) is 26.4 Å². The number of hydrogen-bond donors (Lipinski definition) is 1. The molecular weight excluding hydrogens is 358 g/mol. The van der Waals surface area contributed by atoms with Crippen LogP contribution in [0.15, 0.2) is 47.4 Å². The lowest BCUT2D eigenvalue weighted by molar-refractivity contribution is -0.109. The monoisotopic (exact) mass is 377 g/mol. The molecule has 0 spiro atoms. The molecule has 0 radical (unpaired) electrons. The van der Waals surface area contributed by atoms with Gasteiger partial charge in [-0.25, -0.2) is 0 Å². The maximum atomic E-state index is 11.9. The van der Waals surface area contributed by atoms with Crippen LogP contribution in [0.25, 0.3) is 0 Å². The van der Waals surface area contributed by atoms with Crippen LogP contribution in [-0.4, -0.2) is 30.9 Å². The Morgan fingerprint density at radius 1 is 1.00 bits per heavy atom. The van der Waals surface area contributed by atoms with E-state index >= 15 is 0 Å². The molecule has 0 aliphatic carbocycles. The average molecular weight is 377 g/mol. The van der Waals surface area contributed by atoms with Gasteiger partial charge in [-0.05, 0) is 54.4 Å². The van der Waals surface area contributed by atoms with Crippen molar-refractivity contribution in [1.82, 2.24) is 0 Å². The minimum absolute atomic E-state index is 0.0562. The van der Waals surface area contributed by atoms with Crippen LogP contribution >= 0.6 is 23.7 Å². The van der Waals surface area contributed by atoms with Crippen LogP contribution in [0, 0.1) is 0 Å². The molecule has 2 rings (SSSR count). The molecule has 7 heteroatoms. The molecule has 2 aromatic rings. The van der Waals surface area contributed by atoms with Crippen LogP contribution in [-0.2, 0) is 4.79 Å². The molecule has 0 aliphatic heterocycles. The van der Waals surface area contributed by atoms with Gasteiger partial charge in [0, 0.05) is 23.1 Å². The van der Waals surface area contributed by atoms with Crippen molar-refractivity contribution in [3.8, 4) is 11.5 Å². The molecule has 0 aliphatic rings. The summed E-state index contributed by atoms with van der Waals surface area (Å²) in [6.45, 7) is 1.45. The van der Waals surface area contributed by atoms with Crippen molar-refractivity contribution in [2.45, 2.75) is 11.8 Å². The summed E-state index contributed by atoms with van der Waals surface area (Å²) < 4.78 is 13.7. The van der Waals surface area contributed by atoms with Crippen molar-refractivity contribution >= 4 is 40.3 Å². The zero-order valence-corrected chi connectivity index (χ0v) is 15.8. The quantitative estimate of drug-likeness (QED) is 0.544. The Morgan fingerprint density at radius 3 is 2.28 bits per heavy atom. The highest BCUT2D eigenvalue weighted by Gasteiger charge is 2.08. The average Bonchev–Trinajstić information content (AvgIpc) is 2.64. The Hall–Kier alpha value is -2.12. The fourth-order valence-corrected chi connectivity index (χ4v) is 3.15. The molecule has 0 heterocycles. The lowest BCUT2D eigenvalue weighted by atomic mass is 10.1. The van der Waals surface area contributed by atoms with Crippen LogP contribution in [0.4, 0.5) is 5.69 Å². The number of thioether (sulfide) groups is 1. The molecular formula is C18H19NO4S2. The molecule has 132 valence electrons. The Labute approximate surface area is 155 Å². The minimum Gasteiger partial charge on any atom is -0.493 e. The third-order valence-corrected chi connectivity index (χ3v) is 4.90. The van der Waals surface area contributed by atoms with E-state index in [0.717, 1.165) is 22.3 Å². The second-order valence-electron chi connectivity index (χ2n) is 5.00. The number of ether oxygens (including phenoxy) is 2. The number of anilines is 1. The van der Waals surface area contributed by atoms with Crippen molar-refractivity contribution in [2.75, 3.05) is 24.7 Å². The van der Waals surface area contributed by atoms with Crippen LogP contribution in [0.1, 0.15) is 17.3 Å². The molecule has 0 amide bonds. The van der Waals surface area contributed by atoms with Crippen molar-refractivity contribution in [2.24, 2.45) is 0 Å². The van der Waals surface area contributed by atoms with E-state index < -0.39 is 0 Å². The lowest BCUT2D eigenvalue weighted by Crippen LogP contribution is -2.03. The zero-order chi connectivity index (χ0) is 18.2. The standard InChI is InChI=1S/C18H19NO4S2/c1-12(20)24-11-16(21)13-4-6-14(7-5-13)19-25-15-8-9-17(22-2)18(10-15)23-3/h4-10,19H,11H2,1-3H3. The number of hydrogen-bond acceptors (Lipinski definition) is 7. The first-order chi connectivity index (χ1) is 12.0. The van der Waals surface area contributed by atoms with Crippen molar-refractivity contribution < 1.29 is 19.1 Å². The Bertz CT molecular complexity index is 747. The van der Waals surface area contributed by atoms with Gasteiger partial charge in [-0.1, -0.05) is 11.8 Å². The number of rotatable bonds is 8. The topological polar surface area (TPSA) is 64.6 Å². The van der Waals surface area contributed by atoms with E-state index in [9.17, 15) is 9.59 Å². The molecule has 0 atom stereocenters. The molecule has 0 aromatic heterocycles. The van der Waals surface area contributed by atoms with Crippen LogP contribution in [0.2, 0.25) is 0 Å². The van der Waals surface area contributed by atoms with Gasteiger partial charge in [0.1, 0.15) is 0 Å². The number of methoxy groups -OCH3 is 2. The Balaban J connectivity index is 1.95. The normalized spacial score (nSPS) is 10.2. The predicted molar refractivity (Wildman–Crippen MR) is 103 cm³/mol. The molecule has 1 N–H and O–H groups in total. The third-order valence-electron chi connectivity index (χ3n) is 3.26. The summed E-state index contributed by atoms with van der Waals surface area (Å²) in [7, 11) is 3.19. The number of ketones is 1. The number of Topliss-reactive ketones (excluding diaryl/α,β-unsaturated/α-hetero) is 1. The van der Waals surface area contributed by atoms with Gasteiger partial charge < -0.3 is 14.2 Å². The van der Waals surface area contributed by atoms with Gasteiger partial charge in [0.25, 0.3) is 0 Å². The summed E-state index contributed by atoms with van der Waals surface area (Å²) in [4.78, 5) is 23.8. The highest BCUT2D eigenvalue weighted by molar-refractivity contribution is 8.14. The lowest BCUT2D eigenvalue weighted by Gasteiger charge is -2.10. The fourth-order valence-electron chi connectivity index (χ4n) is 1.97. The summed E-state index contributed by atoms with van der Waals surface area (Å²) in [6.07, 6.45) is 0. The van der Waals surface area contributed by atoms with Gasteiger partial charge in [-0.2, -0.15) is 0 Å². The molecule has 0 bridgehead atoms. The summed E-state index contributed by atoms with van der Waals surface area (Å²) in [5.74, 6) is 1.46. The highest BCUT2D eigenvalue weighted by atomic mass is 32.2. The number of nitrogens with one attached hydrogen (secondary N) is 1. The number of carbonyl (C=O) groups is 2. The van der Waals surface area contributed by atoms with E-state index in [4.69, 9.17) is 9.47 Å². The third kappa shape index (κ3) is 5.72. The van der Waals surface area contributed by atoms with Crippen molar-refractivity contribution in [1.29, 1.82) is 0 Å². The van der Waals surface area contributed by atoms with E-state index in [2.05, 4.69) is 4.72 Å². The van der Waals surface area contributed by atoms with Crippen molar-refractivity contribution in [3.63, 3.8) is 0 Å². The molecule has 0 saturated heterocycles. The molecule has 0 unspecified atom stereocenters. The van der Waals surface area contributed by atoms with Gasteiger partial charge in [0.05, 0.1) is 20.0 Å². The second-order valence-corrected chi connectivity index (χ2v) is 7.03. The molecule has 0 saturated carbocycles. The SMILES string of the molecule is COc1ccc(SNc2ccc(C(=O)CSC(C)=O)cc2)cc1OC. The highest BCUT2D eigenvalue weighted by Crippen LogP contribution is 2.32. The van der Waals surface area contributed by atoms with E-state index in [0.29, 0.717) is 17.1 Å². The maximum absolute atomic E-state index is 11.9. The molecule has 2 aromatic carbocycles. The van der Waals surface area contributed by atoms with E-state index in [-0.39, 0.29) is 16.7 Å². The molecule has 5 nitrogen and oxygen atoms in total. The smallest absolute Gasteiger partial charge is 0.186 e. The Morgan fingerprint density at radius 2 is 1.68 bits per heavy atom. The van der Waals surface area contributed by atoms with Gasteiger partial charge in [-0.3, -0.25) is 9.59 Å². The maximum Gasteiger partial charge on any atom is 0.186 e. The second kappa shape index (κ2) is 9.39. The predicted octanol–water partition coefficient (Wildman–Crippen LogP) is 4.29. The Kier molecular flexibility index (Phi) is 7.21. The van der Waals surface area contributed by atoms with E-state index in [1.165, 1.54) is 18.9 Å². The largest absolute Gasteiger partial charge is 0.493 e. The number of benzene rings is 2. The van der Waals surface area contributed by atoms with Gasteiger partial charge in [-0.15, -0.1) is 0 Å². The summed E-state index contributed by atoms with van der Waals surface area (Å²) in [6, 6.07) is 12.8. The fraction of sp³-hybridized carbons (Fsp3) is 0.222. The van der Waals surface area contributed by atoms with Gasteiger partial charge in [0.2, 0.25) is 0 Å². The van der Waals surface area contributed by atoms with Crippen LogP contribution in [0.5, 0.6) is 11.5 Å². The summed E-state index contributed by atoms with van der Waals surface area (Å²) >= 11 is 2.45. The van der Waals surface area contributed by atoms with Crippen LogP contribution in [0.3, 0.4) is 0 Å². The van der Waals surface area contributed by atoms with Gasteiger partial charge >= 0.3 is 0 Å². The summed E-state index contributed by atoms with van der Waals surface area (Å²) in [5.41, 5.74) is 1.46.